The van der Waals surface area contributed by atoms with Gasteiger partial charge in [-0.2, -0.15) is 0 Å². The highest BCUT2D eigenvalue weighted by molar-refractivity contribution is 5.84. The number of ether oxygens (including phenoxy) is 1. The number of amides is 1. The zero-order chi connectivity index (χ0) is 13.6. The fourth-order valence-corrected chi connectivity index (χ4v) is 1.62. The summed E-state index contributed by atoms with van der Waals surface area (Å²) in [5.74, 6) is 0.769. The van der Waals surface area contributed by atoms with Gasteiger partial charge < -0.3 is 15.8 Å². The highest BCUT2D eigenvalue weighted by Gasteiger charge is 2.20. The number of carbonyl (C=O) groups excluding carboxylic acids is 1. The molecule has 0 atom stereocenters. The summed E-state index contributed by atoms with van der Waals surface area (Å²) in [7, 11) is 1.66. The van der Waals surface area contributed by atoms with Crippen LogP contribution in [0.15, 0.2) is 24.3 Å². The lowest BCUT2D eigenvalue weighted by Gasteiger charge is -2.17. The highest BCUT2D eigenvalue weighted by atomic mass is 16.5. The van der Waals surface area contributed by atoms with E-state index in [0.717, 1.165) is 24.2 Å². The molecule has 0 aromatic heterocycles. The predicted molar refractivity (Wildman–Crippen MR) is 72.6 cm³/mol. The number of aryl methyl sites for hydroxylation is 1. The van der Waals surface area contributed by atoms with Crippen molar-refractivity contribution in [3.63, 3.8) is 0 Å². The zero-order valence-electron chi connectivity index (χ0n) is 11.3. The second-order valence-electron chi connectivity index (χ2n) is 4.89. The maximum atomic E-state index is 11.5. The average molecular weight is 250 g/mol. The van der Waals surface area contributed by atoms with E-state index in [1.165, 1.54) is 0 Å². The third-order valence-corrected chi connectivity index (χ3v) is 2.69. The zero-order valence-corrected chi connectivity index (χ0v) is 11.3. The summed E-state index contributed by atoms with van der Waals surface area (Å²) in [6.45, 7) is 4.02. The largest absolute Gasteiger partial charge is 0.496 e. The molecule has 0 bridgehead atoms. The van der Waals surface area contributed by atoms with E-state index >= 15 is 0 Å². The maximum Gasteiger partial charge on any atom is 0.239 e. The first-order valence-electron chi connectivity index (χ1n) is 6.14. The maximum absolute atomic E-state index is 11.5. The fraction of sp³-hybridized carbons (Fsp3) is 0.500. The molecule has 0 aliphatic rings. The molecular weight excluding hydrogens is 228 g/mol. The Labute approximate surface area is 109 Å². The third-order valence-electron chi connectivity index (χ3n) is 2.69. The van der Waals surface area contributed by atoms with Gasteiger partial charge in [0.2, 0.25) is 5.91 Å². The van der Waals surface area contributed by atoms with Crippen LogP contribution < -0.4 is 15.8 Å². The van der Waals surface area contributed by atoms with E-state index in [9.17, 15) is 4.79 Å². The Kier molecular flexibility index (Phi) is 5.16. The molecular formula is C14H22N2O2. The second kappa shape index (κ2) is 6.40. The van der Waals surface area contributed by atoms with Gasteiger partial charge in [0.1, 0.15) is 5.75 Å². The smallest absolute Gasteiger partial charge is 0.239 e. The van der Waals surface area contributed by atoms with Crippen LogP contribution in [0.5, 0.6) is 5.75 Å². The Morgan fingerprint density at radius 1 is 1.39 bits per heavy atom. The highest BCUT2D eigenvalue weighted by Crippen LogP contribution is 2.18. The molecule has 0 aliphatic carbocycles. The molecule has 4 nitrogen and oxygen atoms in total. The molecule has 0 spiro atoms. The summed E-state index contributed by atoms with van der Waals surface area (Å²) >= 11 is 0. The van der Waals surface area contributed by atoms with Crippen LogP contribution in [-0.4, -0.2) is 25.1 Å². The van der Waals surface area contributed by atoms with Crippen molar-refractivity contribution in [1.29, 1.82) is 0 Å². The summed E-state index contributed by atoms with van der Waals surface area (Å²) in [6, 6.07) is 7.91. The SMILES string of the molecule is COc1ccccc1CCCNC(=O)C(C)(C)N. The van der Waals surface area contributed by atoms with E-state index in [4.69, 9.17) is 10.5 Å². The number of nitrogens with two attached hydrogens (primary N) is 1. The van der Waals surface area contributed by atoms with Gasteiger partial charge >= 0.3 is 0 Å². The van der Waals surface area contributed by atoms with E-state index in [0.29, 0.717) is 6.54 Å². The molecule has 1 aromatic carbocycles. The normalized spacial score (nSPS) is 11.1. The van der Waals surface area contributed by atoms with E-state index < -0.39 is 5.54 Å². The second-order valence-corrected chi connectivity index (χ2v) is 4.89. The minimum atomic E-state index is -0.815. The molecule has 100 valence electrons. The fourth-order valence-electron chi connectivity index (χ4n) is 1.62. The number of benzene rings is 1. The van der Waals surface area contributed by atoms with Gasteiger partial charge in [0.05, 0.1) is 12.6 Å². The third kappa shape index (κ3) is 4.37. The monoisotopic (exact) mass is 250 g/mol. The van der Waals surface area contributed by atoms with Crippen molar-refractivity contribution in [2.75, 3.05) is 13.7 Å². The number of hydrogen-bond acceptors (Lipinski definition) is 3. The first-order chi connectivity index (χ1) is 8.45. The van der Waals surface area contributed by atoms with Gasteiger partial charge in [0.15, 0.2) is 0 Å². The lowest BCUT2D eigenvalue weighted by molar-refractivity contribution is -0.125. The Bertz CT molecular complexity index is 397. The minimum Gasteiger partial charge on any atom is -0.496 e. The lowest BCUT2D eigenvalue weighted by Crippen LogP contribution is -2.49. The van der Waals surface area contributed by atoms with Crippen molar-refractivity contribution in [3.8, 4) is 5.75 Å². The molecule has 4 heteroatoms. The van der Waals surface area contributed by atoms with Crippen LogP contribution in [0.25, 0.3) is 0 Å². The molecule has 18 heavy (non-hydrogen) atoms. The minimum absolute atomic E-state index is 0.123. The van der Waals surface area contributed by atoms with Crippen LogP contribution >= 0.6 is 0 Å². The molecule has 0 saturated heterocycles. The van der Waals surface area contributed by atoms with Crippen LogP contribution in [0.2, 0.25) is 0 Å². The Balaban J connectivity index is 2.36. The molecule has 1 aromatic rings. The van der Waals surface area contributed by atoms with Gasteiger partial charge in [-0.15, -0.1) is 0 Å². The quantitative estimate of drug-likeness (QED) is 0.752. The lowest BCUT2D eigenvalue weighted by atomic mass is 10.1. The van der Waals surface area contributed by atoms with Crippen molar-refractivity contribution in [2.24, 2.45) is 5.73 Å². The van der Waals surface area contributed by atoms with Gasteiger partial charge in [0.25, 0.3) is 0 Å². The molecule has 0 aliphatic heterocycles. The first kappa shape index (κ1) is 14.5. The molecule has 0 fully saturated rings. The topological polar surface area (TPSA) is 64.3 Å². The molecule has 3 N–H and O–H groups in total. The summed E-state index contributed by atoms with van der Waals surface area (Å²) in [5, 5.41) is 2.83. The number of carbonyl (C=O) groups is 1. The number of nitrogens with one attached hydrogen (secondary N) is 1. The van der Waals surface area contributed by atoms with E-state index in [-0.39, 0.29) is 5.91 Å². The van der Waals surface area contributed by atoms with E-state index in [1.807, 2.05) is 24.3 Å². The van der Waals surface area contributed by atoms with E-state index in [1.54, 1.807) is 21.0 Å². The van der Waals surface area contributed by atoms with Crippen LogP contribution in [-0.2, 0) is 11.2 Å². The standard InChI is InChI=1S/C14H22N2O2/c1-14(2,15)13(17)16-10-6-8-11-7-4-5-9-12(11)18-3/h4-5,7,9H,6,8,10,15H2,1-3H3,(H,16,17). The van der Waals surface area contributed by atoms with Gasteiger partial charge in [-0.25, -0.2) is 0 Å². The van der Waals surface area contributed by atoms with Crippen molar-refractivity contribution < 1.29 is 9.53 Å². The summed E-state index contributed by atoms with van der Waals surface area (Å²) in [4.78, 5) is 11.5. The predicted octanol–water partition coefficient (Wildman–Crippen LogP) is 1.48. The van der Waals surface area contributed by atoms with Crippen LogP contribution in [0.3, 0.4) is 0 Å². The van der Waals surface area contributed by atoms with Crippen molar-refractivity contribution in [3.05, 3.63) is 29.8 Å². The molecule has 0 heterocycles. The van der Waals surface area contributed by atoms with Crippen molar-refractivity contribution >= 4 is 5.91 Å². The molecule has 0 radical (unpaired) electrons. The van der Waals surface area contributed by atoms with Gasteiger partial charge in [-0.05, 0) is 38.3 Å². The molecule has 1 amide bonds. The molecule has 1 rings (SSSR count). The van der Waals surface area contributed by atoms with Crippen LogP contribution in [0.4, 0.5) is 0 Å². The van der Waals surface area contributed by atoms with Gasteiger partial charge in [-0.1, -0.05) is 18.2 Å². The van der Waals surface area contributed by atoms with Gasteiger partial charge in [0, 0.05) is 6.54 Å². The van der Waals surface area contributed by atoms with Crippen LogP contribution in [0.1, 0.15) is 25.8 Å². The van der Waals surface area contributed by atoms with Crippen molar-refractivity contribution in [1.82, 2.24) is 5.32 Å². The average Bonchev–Trinajstić information content (AvgIpc) is 2.33. The Hall–Kier alpha value is -1.55. The van der Waals surface area contributed by atoms with E-state index in [2.05, 4.69) is 5.32 Å². The van der Waals surface area contributed by atoms with Crippen LogP contribution in [0, 0.1) is 0 Å². The molecule has 0 saturated carbocycles. The van der Waals surface area contributed by atoms with Gasteiger partial charge in [-0.3, -0.25) is 4.79 Å². The number of para-hydroxylation sites is 1. The number of hydrogen-bond donors (Lipinski definition) is 2. The number of rotatable bonds is 6. The van der Waals surface area contributed by atoms with Crippen molar-refractivity contribution in [2.45, 2.75) is 32.2 Å². The Morgan fingerprint density at radius 3 is 2.67 bits per heavy atom. The first-order valence-corrected chi connectivity index (χ1v) is 6.14. The molecule has 0 unspecified atom stereocenters. The number of methoxy groups -OCH3 is 1. The summed E-state index contributed by atoms with van der Waals surface area (Å²) in [6.07, 6.45) is 1.73. The Morgan fingerprint density at radius 2 is 2.06 bits per heavy atom. The summed E-state index contributed by atoms with van der Waals surface area (Å²) in [5.41, 5.74) is 6.02. The summed E-state index contributed by atoms with van der Waals surface area (Å²) < 4.78 is 5.27.